The lowest BCUT2D eigenvalue weighted by Crippen LogP contribution is -2.14. The van der Waals surface area contributed by atoms with Gasteiger partial charge in [0.2, 0.25) is 0 Å². The molecule has 5 heteroatoms. The molecular formula is C10H9BrFNO2. The Kier molecular flexibility index (Phi) is 2.65. The highest BCUT2D eigenvalue weighted by Crippen LogP contribution is 2.43. The molecule has 1 aromatic rings. The summed E-state index contributed by atoms with van der Waals surface area (Å²) in [6, 6.07) is 4.89. The van der Waals surface area contributed by atoms with Crippen molar-refractivity contribution in [2.75, 3.05) is 0 Å². The number of carbonyl (C=O) groups excluding carboxylic acids is 1. The second kappa shape index (κ2) is 3.81. The van der Waals surface area contributed by atoms with Gasteiger partial charge >= 0.3 is 6.09 Å². The lowest BCUT2D eigenvalue weighted by molar-refractivity contribution is 0.147. The maximum Gasteiger partial charge on any atom is 0.404 e. The van der Waals surface area contributed by atoms with Gasteiger partial charge in [0.1, 0.15) is 11.9 Å². The van der Waals surface area contributed by atoms with Crippen molar-refractivity contribution in [2.24, 2.45) is 5.73 Å². The minimum absolute atomic E-state index is 0.0834. The molecule has 15 heavy (non-hydrogen) atoms. The van der Waals surface area contributed by atoms with Gasteiger partial charge in [0.15, 0.2) is 0 Å². The highest BCUT2D eigenvalue weighted by Gasteiger charge is 2.41. The Hall–Kier alpha value is -1.10. The number of carbonyl (C=O) groups is 1. The maximum atomic E-state index is 13.2. The Labute approximate surface area is 94.5 Å². The van der Waals surface area contributed by atoms with Crippen LogP contribution in [0.15, 0.2) is 22.7 Å². The average Bonchev–Trinajstić information content (AvgIpc) is 2.88. The van der Waals surface area contributed by atoms with Crippen LogP contribution in [0.3, 0.4) is 0 Å². The molecule has 0 spiro atoms. The first-order valence-corrected chi connectivity index (χ1v) is 5.28. The lowest BCUT2D eigenvalue weighted by atomic mass is 10.1. The Morgan fingerprint density at radius 1 is 1.60 bits per heavy atom. The van der Waals surface area contributed by atoms with Crippen molar-refractivity contribution in [2.45, 2.75) is 18.4 Å². The minimum atomic E-state index is -0.778. The fourth-order valence-corrected chi connectivity index (χ4v) is 1.79. The molecular weight excluding hydrogens is 265 g/mol. The summed E-state index contributed by atoms with van der Waals surface area (Å²) in [4.78, 5) is 10.5. The third kappa shape index (κ3) is 2.28. The van der Waals surface area contributed by atoms with Crippen molar-refractivity contribution in [3.63, 3.8) is 0 Å². The molecule has 0 aliphatic heterocycles. The summed E-state index contributed by atoms with van der Waals surface area (Å²) in [5, 5.41) is 0. The summed E-state index contributed by atoms with van der Waals surface area (Å²) in [6.45, 7) is 0. The molecule has 1 aromatic carbocycles. The van der Waals surface area contributed by atoms with Crippen LogP contribution in [0.25, 0.3) is 0 Å². The molecule has 2 rings (SSSR count). The molecule has 2 N–H and O–H groups in total. The highest BCUT2D eigenvalue weighted by molar-refractivity contribution is 9.10. The number of hydrogen-bond acceptors (Lipinski definition) is 2. The number of primary amides is 1. The van der Waals surface area contributed by atoms with Crippen molar-refractivity contribution in [1.82, 2.24) is 0 Å². The molecule has 1 amide bonds. The summed E-state index contributed by atoms with van der Waals surface area (Å²) >= 11 is 3.07. The molecule has 1 aliphatic carbocycles. The molecule has 0 aromatic heterocycles. The van der Waals surface area contributed by atoms with Crippen molar-refractivity contribution in [3.05, 3.63) is 34.1 Å². The SMILES string of the molecule is NC(=O)O[C@H]1C[C@@H]1c1ccc(Br)c(F)c1. The van der Waals surface area contributed by atoms with Crippen molar-refractivity contribution in [1.29, 1.82) is 0 Å². The maximum absolute atomic E-state index is 13.2. The Morgan fingerprint density at radius 3 is 2.93 bits per heavy atom. The largest absolute Gasteiger partial charge is 0.446 e. The van der Waals surface area contributed by atoms with Gasteiger partial charge in [0.25, 0.3) is 0 Å². The molecule has 0 heterocycles. The van der Waals surface area contributed by atoms with Crippen LogP contribution in [0, 0.1) is 5.82 Å². The molecule has 3 nitrogen and oxygen atoms in total. The van der Waals surface area contributed by atoms with Crippen LogP contribution >= 0.6 is 15.9 Å². The van der Waals surface area contributed by atoms with Gasteiger partial charge in [0.05, 0.1) is 4.47 Å². The number of halogens is 2. The minimum Gasteiger partial charge on any atom is -0.446 e. The first kappa shape index (κ1) is 10.4. The monoisotopic (exact) mass is 273 g/mol. The van der Waals surface area contributed by atoms with E-state index in [9.17, 15) is 9.18 Å². The van der Waals surface area contributed by atoms with Gasteiger partial charge in [-0.3, -0.25) is 0 Å². The average molecular weight is 274 g/mol. The predicted molar refractivity (Wildman–Crippen MR) is 55.9 cm³/mol. The van der Waals surface area contributed by atoms with E-state index in [1.807, 2.05) is 6.07 Å². The molecule has 2 atom stereocenters. The molecule has 0 saturated heterocycles. The zero-order valence-electron chi connectivity index (χ0n) is 7.74. The molecule has 1 aliphatic rings. The highest BCUT2D eigenvalue weighted by atomic mass is 79.9. The summed E-state index contributed by atoms with van der Waals surface area (Å²) < 4.78 is 18.4. The summed E-state index contributed by atoms with van der Waals surface area (Å²) in [6.07, 6.45) is -0.257. The van der Waals surface area contributed by atoms with Crippen LogP contribution in [0.2, 0.25) is 0 Å². The van der Waals surface area contributed by atoms with Gasteiger partial charge in [-0.1, -0.05) is 6.07 Å². The van der Waals surface area contributed by atoms with E-state index in [1.54, 1.807) is 6.07 Å². The Balaban J connectivity index is 2.07. The van der Waals surface area contributed by atoms with Crippen molar-refractivity contribution >= 4 is 22.0 Å². The number of nitrogens with two attached hydrogens (primary N) is 1. The van der Waals surface area contributed by atoms with Crippen molar-refractivity contribution < 1.29 is 13.9 Å². The molecule has 0 radical (unpaired) electrons. The fourth-order valence-electron chi connectivity index (χ4n) is 1.54. The van der Waals surface area contributed by atoms with E-state index in [0.717, 1.165) is 5.56 Å². The van der Waals surface area contributed by atoms with Gasteiger partial charge in [0, 0.05) is 5.92 Å². The second-order valence-corrected chi connectivity index (χ2v) is 4.35. The van der Waals surface area contributed by atoms with Crippen LogP contribution in [0.4, 0.5) is 9.18 Å². The van der Waals surface area contributed by atoms with E-state index in [4.69, 9.17) is 10.5 Å². The van der Waals surface area contributed by atoms with Crippen LogP contribution in [-0.4, -0.2) is 12.2 Å². The Bertz CT molecular complexity index is 410. The molecule has 80 valence electrons. The molecule has 0 unspecified atom stereocenters. The quantitative estimate of drug-likeness (QED) is 0.900. The van der Waals surface area contributed by atoms with Crippen molar-refractivity contribution in [3.8, 4) is 0 Å². The van der Waals surface area contributed by atoms with E-state index in [2.05, 4.69) is 15.9 Å². The topological polar surface area (TPSA) is 52.3 Å². The van der Waals surface area contributed by atoms with Gasteiger partial charge in [-0.25, -0.2) is 9.18 Å². The second-order valence-electron chi connectivity index (χ2n) is 3.49. The van der Waals surface area contributed by atoms with Gasteiger partial charge in [-0.2, -0.15) is 0 Å². The Morgan fingerprint density at radius 2 is 2.33 bits per heavy atom. The third-order valence-corrected chi connectivity index (χ3v) is 3.01. The lowest BCUT2D eigenvalue weighted by Gasteiger charge is -2.02. The van der Waals surface area contributed by atoms with Gasteiger partial charge in [-0.05, 0) is 40.0 Å². The van der Waals surface area contributed by atoms with E-state index in [1.165, 1.54) is 6.07 Å². The first-order valence-electron chi connectivity index (χ1n) is 4.49. The third-order valence-electron chi connectivity index (χ3n) is 2.37. The number of amides is 1. The van der Waals surface area contributed by atoms with E-state index < -0.39 is 6.09 Å². The van der Waals surface area contributed by atoms with Crippen LogP contribution < -0.4 is 5.73 Å². The van der Waals surface area contributed by atoms with Gasteiger partial charge < -0.3 is 10.5 Å². The number of rotatable bonds is 2. The predicted octanol–water partition coefficient (Wildman–Crippen LogP) is 2.54. The molecule has 0 bridgehead atoms. The van der Waals surface area contributed by atoms with E-state index in [-0.39, 0.29) is 17.8 Å². The van der Waals surface area contributed by atoms with E-state index >= 15 is 0 Å². The van der Waals surface area contributed by atoms with Crippen LogP contribution in [0.5, 0.6) is 0 Å². The van der Waals surface area contributed by atoms with Crippen LogP contribution in [-0.2, 0) is 4.74 Å². The number of ether oxygens (including phenoxy) is 1. The normalized spacial score (nSPS) is 23.6. The van der Waals surface area contributed by atoms with E-state index in [0.29, 0.717) is 10.9 Å². The molecule has 1 saturated carbocycles. The summed E-state index contributed by atoms with van der Waals surface area (Å²) in [5.41, 5.74) is 5.72. The number of hydrogen-bond donors (Lipinski definition) is 1. The summed E-state index contributed by atoms with van der Waals surface area (Å²) in [7, 11) is 0. The van der Waals surface area contributed by atoms with Crippen LogP contribution in [0.1, 0.15) is 17.9 Å². The fraction of sp³-hybridized carbons (Fsp3) is 0.300. The summed E-state index contributed by atoms with van der Waals surface area (Å²) in [5.74, 6) is -0.225. The van der Waals surface area contributed by atoms with Gasteiger partial charge in [-0.15, -0.1) is 0 Å². The first-order chi connectivity index (χ1) is 7.08. The standard InChI is InChI=1S/C10H9BrFNO2/c11-7-2-1-5(3-8(7)12)6-4-9(6)15-10(13)14/h1-3,6,9H,4H2,(H2,13,14)/t6-,9+/m1/s1. The smallest absolute Gasteiger partial charge is 0.404 e. The number of benzene rings is 1. The zero-order valence-corrected chi connectivity index (χ0v) is 9.33. The zero-order chi connectivity index (χ0) is 11.0. The molecule has 1 fully saturated rings.